The summed E-state index contributed by atoms with van der Waals surface area (Å²) in [4.78, 5) is 3.74. The summed E-state index contributed by atoms with van der Waals surface area (Å²) in [7, 11) is 0. The summed E-state index contributed by atoms with van der Waals surface area (Å²) in [5.74, 6) is 0. The molecule has 50 heavy (non-hydrogen) atoms. The number of benzene rings is 7. The highest BCUT2D eigenvalue weighted by molar-refractivity contribution is 6.11. The van der Waals surface area contributed by atoms with E-state index in [1.165, 1.54) is 21.8 Å². The van der Waals surface area contributed by atoms with Crippen molar-refractivity contribution in [3.05, 3.63) is 174 Å². The van der Waals surface area contributed by atoms with Crippen LogP contribution in [0.15, 0.2) is 152 Å². The minimum Gasteiger partial charge on any atom is -0.310 e. The van der Waals surface area contributed by atoms with Crippen LogP contribution in [0.1, 0.15) is 11.1 Å². The molecule has 230 valence electrons. The van der Waals surface area contributed by atoms with Crippen LogP contribution in [-0.4, -0.2) is 9.13 Å². The molecule has 0 aliphatic heterocycles. The monoisotopic (exact) mass is 635 g/mol. The lowest BCUT2D eigenvalue weighted by molar-refractivity contribution is 1.18. The zero-order chi connectivity index (χ0) is 33.8. The molecular weight excluding hydrogens is 611 g/mol. The number of fused-ring (bicyclic) bond motifs is 6. The zero-order valence-electron chi connectivity index (χ0n) is 26.7. The van der Waals surface area contributed by atoms with Gasteiger partial charge >= 0.3 is 0 Å². The van der Waals surface area contributed by atoms with Crippen molar-refractivity contribution in [1.29, 1.82) is 10.5 Å². The molecule has 0 bridgehead atoms. The fraction of sp³-hybridized carbons (Fsp3) is 0. The van der Waals surface area contributed by atoms with Crippen LogP contribution in [-0.2, 0) is 0 Å². The molecule has 0 spiro atoms. The van der Waals surface area contributed by atoms with E-state index in [1.54, 1.807) is 0 Å². The van der Waals surface area contributed by atoms with Crippen molar-refractivity contribution in [1.82, 2.24) is 9.13 Å². The molecule has 0 aliphatic rings. The SMILES string of the molecule is [C-]#[N+]c1cc(-n2c3ccccc3c3cc(C#N)ccc32)c(-c2cccc(-c3ccc(-n4c5ccccc5c5ccccc54)cc3)c2)cc1C#N. The topological polar surface area (TPSA) is 61.8 Å². The van der Waals surface area contributed by atoms with Gasteiger partial charge in [-0.15, -0.1) is 0 Å². The average Bonchev–Trinajstić information content (AvgIpc) is 3.70. The van der Waals surface area contributed by atoms with E-state index < -0.39 is 0 Å². The predicted molar refractivity (Wildman–Crippen MR) is 202 cm³/mol. The maximum atomic E-state index is 10.1. The standard InChI is InChI=1S/C45H25N5/c1-48-40-26-45(50-43-16-7-4-13-37(43)39-23-29(27-46)17-22-44(39)50)38(25-33(40)28-47)32-10-8-9-31(24-32)30-18-20-34(21-19-30)49-41-14-5-2-11-35(41)36-12-3-6-15-42(36)49/h2-26H. The Kier molecular flexibility index (Phi) is 6.56. The van der Waals surface area contributed by atoms with E-state index in [0.29, 0.717) is 16.8 Å². The molecule has 2 aromatic heterocycles. The van der Waals surface area contributed by atoms with Gasteiger partial charge in [0.1, 0.15) is 0 Å². The summed E-state index contributed by atoms with van der Waals surface area (Å²) in [6.07, 6.45) is 0. The molecule has 0 fully saturated rings. The molecule has 7 aromatic carbocycles. The van der Waals surface area contributed by atoms with Gasteiger partial charge in [-0.05, 0) is 83.4 Å². The van der Waals surface area contributed by atoms with Crippen molar-refractivity contribution in [3.8, 4) is 45.8 Å². The van der Waals surface area contributed by atoms with Gasteiger partial charge in [-0.25, -0.2) is 4.85 Å². The average molecular weight is 636 g/mol. The summed E-state index contributed by atoms with van der Waals surface area (Å²) in [5.41, 5.74) is 11.2. The third-order valence-corrected chi connectivity index (χ3v) is 9.61. The molecule has 0 unspecified atom stereocenters. The highest BCUT2D eigenvalue weighted by Crippen LogP contribution is 2.40. The first-order chi connectivity index (χ1) is 24.7. The predicted octanol–water partition coefficient (Wildman–Crippen LogP) is 11.5. The van der Waals surface area contributed by atoms with Crippen molar-refractivity contribution in [2.45, 2.75) is 0 Å². The first-order valence-electron chi connectivity index (χ1n) is 16.3. The van der Waals surface area contributed by atoms with Crippen molar-refractivity contribution in [3.63, 3.8) is 0 Å². The number of hydrogen-bond acceptors (Lipinski definition) is 2. The Labute approximate surface area is 288 Å². The van der Waals surface area contributed by atoms with Crippen LogP contribution in [0.3, 0.4) is 0 Å². The van der Waals surface area contributed by atoms with Crippen molar-refractivity contribution in [2.75, 3.05) is 0 Å². The van der Waals surface area contributed by atoms with Crippen LogP contribution in [0, 0.1) is 29.2 Å². The molecule has 2 heterocycles. The van der Waals surface area contributed by atoms with Crippen LogP contribution in [0.25, 0.3) is 82.1 Å². The Balaban J connectivity index is 1.21. The highest BCUT2D eigenvalue weighted by atomic mass is 15.0. The van der Waals surface area contributed by atoms with E-state index in [4.69, 9.17) is 6.57 Å². The third-order valence-electron chi connectivity index (χ3n) is 9.61. The molecule has 0 radical (unpaired) electrons. The van der Waals surface area contributed by atoms with Crippen LogP contribution in [0.4, 0.5) is 5.69 Å². The van der Waals surface area contributed by atoms with Gasteiger partial charge in [-0.1, -0.05) is 84.9 Å². The number of para-hydroxylation sites is 3. The van der Waals surface area contributed by atoms with Gasteiger partial charge in [-0.2, -0.15) is 10.5 Å². The minimum atomic E-state index is 0.294. The molecule has 0 saturated carbocycles. The largest absolute Gasteiger partial charge is 0.310 e. The number of rotatable bonds is 4. The van der Waals surface area contributed by atoms with E-state index in [0.717, 1.165) is 55.4 Å². The number of nitriles is 2. The van der Waals surface area contributed by atoms with Crippen molar-refractivity contribution < 1.29 is 0 Å². The Bertz CT molecular complexity index is 2900. The zero-order valence-corrected chi connectivity index (χ0v) is 26.7. The lowest BCUT2D eigenvalue weighted by atomic mass is 9.95. The first-order valence-corrected chi connectivity index (χ1v) is 16.3. The second kappa shape index (κ2) is 11.4. The Hall–Kier alpha value is -7.39. The van der Waals surface area contributed by atoms with E-state index >= 15 is 0 Å². The Morgan fingerprint density at radius 1 is 0.480 bits per heavy atom. The van der Waals surface area contributed by atoms with Gasteiger partial charge < -0.3 is 9.13 Å². The molecule has 9 aromatic rings. The fourth-order valence-electron chi connectivity index (χ4n) is 7.35. The van der Waals surface area contributed by atoms with Gasteiger partial charge in [0.15, 0.2) is 0 Å². The molecule has 0 saturated heterocycles. The quantitative estimate of drug-likeness (QED) is 0.181. The molecule has 9 rings (SSSR count). The van der Waals surface area contributed by atoms with E-state index in [1.807, 2.05) is 48.5 Å². The molecule has 5 heteroatoms. The van der Waals surface area contributed by atoms with Crippen LogP contribution < -0.4 is 0 Å². The summed E-state index contributed by atoms with van der Waals surface area (Å²) in [6, 6.07) is 55.9. The third kappa shape index (κ3) is 4.38. The van der Waals surface area contributed by atoms with Crippen LogP contribution in [0.5, 0.6) is 0 Å². The maximum Gasteiger partial charge on any atom is 0.206 e. The lowest BCUT2D eigenvalue weighted by Crippen LogP contribution is -1.99. The highest BCUT2D eigenvalue weighted by Gasteiger charge is 2.19. The second-order valence-electron chi connectivity index (χ2n) is 12.3. The summed E-state index contributed by atoms with van der Waals surface area (Å²) >= 11 is 0. The molecule has 0 aliphatic carbocycles. The van der Waals surface area contributed by atoms with Gasteiger partial charge in [0.25, 0.3) is 0 Å². The molecule has 0 atom stereocenters. The Morgan fingerprint density at radius 3 is 1.72 bits per heavy atom. The Morgan fingerprint density at radius 2 is 1.08 bits per heavy atom. The van der Waals surface area contributed by atoms with Crippen LogP contribution in [0.2, 0.25) is 0 Å². The van der Waals surface area contributed by atoms with Crippen LogP contribution >= 0.6 is 0 Å². The van der Waals surface area contributed by atoms with Crippen molar-refractivity contribution >= 4 is 49.3 Å². The summed E-state index contributed by atoms with van der Waals surface area (Å²) in [5, 5.41) is 24.2. The van der Waals surface area contributed by atoms with Gasteiger partial charge in [-0.3, -0.25) is 0 Å². The van der Waals surface area contributed by atoms with E-state index in [2.05, 4.69) is 129 Å². The minimum absolute atomic E-state index is 0.294. The second-order valence-corrected chi connectivity index (χ2v) is 12.3. The van der Waals surface area contributed by atoms with Crippen molar-refractivity contribution in [2.24, 2.45) is 0 Å². The lowest BCUT2D eigenvalue weighted by Gasteiger charge is -2.17. The maximum absolute atomic E-state index is 10.1. The van der Waals surface area contributed by atoms with E-state index in [9.17, 15) is 10.5 Å². The molecule has 0 amide bonds. The summed E-state index contributed by atoms with van der Waals surface area (Å²) in [6.45, 7) is 7.90. The normalized spacial score (nSPS) is 11.1. The van der Waals surface area contributed by atoms with E-state index in [-0.39, 0.29) is 0 Å². The fourth-order valence-corrected chi connectivity index (χ4v) is 7.35. The first kappa shape index (κ1) is 28.8. The molecule has 5 nitrogen and oxygen atoms in total. The van der Waals surface area contributed by atoms with Gasteiger partial charge in [0, 0.05) is 38.5 Å². The van der Waals surface area contributed by atoms with Gasteiger partial charge in [0.05, 0.1) is 51.9 Å². The number of aromatic nitrogens is 2. The number of nitrogens with zero attached hydrogens (tertiary/aromatic N) is 5. The molecular formula is C45H25N5. The molecule has 0 N–H and O–H groups in total. The summed E-state index contributed by atoms with van der Waals surface area (Å²) < 4.78 is 4.45. The smallest absolute Gasteiger partial charge is 0.206 e. The number of hydrogen-bond donors (Lipinski definition) is 0. The van der Waals surface area contributed by atoms with Gasteiger partial charge in [0.2, 0.25) is 5.69 Å².